The zero-order chi connectivity index (χ0) is 17.3. The second-order valence-corrected chi connectivity index (χ2v) is 5.42. The molecule has 3 aromatic rings. The number of fused-ring (bicyclic) bond motifs is 1. The minimum absolute atomic E-state index is 0.0325. The lowest BCUT2D eigenvalue weighted by Crippen LogP contribution is -2.21. The van der Waals surface area contributed by atoms with Crippen LogP contribution < -0.4 is 5.43 Å². The van der Waals surface area contributed by atoms with Crippen LogP contribution in [-0.2, 0) is 4.74 Å². The second-order valence-electron chi connectivity index (χ2n) is 4.66. The Morgan fingerprint density at radius 1 is 1.33 bits per heavy atom. The molecule has 0 aliphatic carbocycles. The number of aromatic nitrogens is 4. The van der Waals surface area contributed by atoms with Crippen molar-refractivity contribution in [1.82, 2.24) is 19.5 Å². The van der Waals surface area contributed by atoms with Crippen molar-refractivity contribution in [2.75, 3.05) is 6.61 Å². The van der Waals surface area contributed by atoms with E-state index in [0.29, 0.717) is 5.82 Å². The third kappa shape index (κ3) is 2.83. The number of esters is 1. The summed E-state index contributed by atoms with van der Waals surface area (Å²) < 4.78 is 6.38. The maximum Gasteiger partial charge on any atom is 0.343 e. The molecule has 3 aromatic heterocycles. The summed E-state index contributed by atoms with van der Waals surface area (Å²) in [5.41, 5.74) is -0.493. The number of carbonyl (C=O) groups is 1. The van der Waals surface area contributed by atoms with E-state index in [2.05, 4.69) is 15.0 Å². The summed E-state index contributed by atoms with van der Waals surface area (Å²) in [4.78, 5) is 37.0. The molecule has 0 atom stereocenters. The van der Waals surface area contributed by atoms with Crippen LogP contribution in [0, 0.1) is 0 Å². The maximum absolute atomic E-state index is 12.6. The minimum atomic E-state index is -0.742. The van der Waals surface area contributed by atoms with Crippen molar-refractivity contribution >= 4 is 40.2 Å². The third-order valence-electron chi connectivity index (χ3n) is 3.18. The van der Waals surface area contributed by atoms with Crippen LogP contribution >= 0.6 is 23.2 Å². The van der Waals surface area contributed by atoms with Gasteiger partial charge in [-0.1, -0.05) is 23.2 Å². The summed E-state index contributed by atoms with van der Waals surface area (Å²) >= 11 is 11.9. The lowest BCUT2D eigenvalue weighted by Gasteiger charge is -2.12. The first-order valence-electron chi connectivity index (χ1n) is 6.87. The molecule has 0 bridgehead atoms. The molecular formula is C15H10Cl2N4O3. The van der Waals surface area contributed by atoms with Crippen LogP contribution in [0.1, 0.15) is 17.3 Å². The summed E-state index contributed by atoms with van der Waals surface area (Å²) in [5, 5.41) is 0.263. The van der Waals surface area contributed by atoms with E-state index in [1.807, 2.05) is 0 Å². The molecule has 0 amide bonds. The lowest BCUT2D eigenvalue weighted by molar-refractivity contribution is 0.0524. The van der Waals surface area contributed by atoms with Crippen molar-refractivity contribution in [3.63, 3.8) is 0 Å². The van der Waals surface area contributed by atoms with Crippen molar-refractivity contribution < 1.29 is 9.53 Å². The maximum atomic E-state index is 12.6. The fourth-order valence-electron chi connectivity index (χ4n) is 2.15. The third-order valence-corrected chi connectivity index (χ3v) is 3.85. The van der Waals surface area contributed by atoms with Crippen LogP contribution in [0.4, 0.5) is 0 Å². The topological polar surface area (TPSA) is 87.0 Å². The van der Waals surface area contributed by atoms with E-state index in [0.717, 1.165) is 0 Å². The Morgan fingerprint density at radius 2 is 2.12 bits per heavy atom. The van der Waals surface area contributed by atoms with E-state index < -0.39 is 11.4 Å². The molecule has 0 N–H and O–H groups in total. The van der Waals surface area contributed by atoms with Gasteiger partial charge in [0, 0.05) is 18.6 Å². The smallest absolute Gasteiger partial charge is 0.343 e. The molecule has 0 aromatic carbocycles. The Labute approximate surface area is 145 Å². The largest absolute Gasteiger partial charge is 0.462 e. The molecule has 0 saturated carbocycles. The molecule has 24 heavy (non-hydrogen) atoms. The Hall–Kier alpha value is -2.51. The van der Waals surface area contributed by atoms with Gasteiger partial charge in [-0.3, -0.25) is 14.3 Å². The monoisotopic (exact) mass is 364 g/mol. The molecule has 3 heterocycles. The highest BCUT2D eigenvalue weighted by Crippen LogP contribution is 2.24. The van der Waals surface area contributed by atoms with Crippen molar-refractivity contribution in [1.29, 1.82) is 0 Å². The standard InChI is InChI=1S/C15H10Cl2N4O3/c1-2-24-15(23)9-7-21(11-6-18-3-4-19-11)14-8(12(9)22)5-10(16)13(17)20-14/h3-7H,2H2,1H3. The zero-order valence-corrected chi connectivity index (χ0v) is 13.9. The summed E-state index contributed by atoms with van der Waals surface area (Å²) in [6.07, 6.45) is 5.74. The van der Waals surface area contributed by atoms with Gasteiger partial charge in [0.2, 0.25) is 5.43 Å². The number of nitrogens with zero attached hydrogens (tertiary/aromatic N) is 4. The molecule has 122 valence electrons. The van der Waals surface area contributed by atoms with Gasteiger partial charge in [0.05, 0.1) is 23.2 Å². The Morgan fingerprint density at radius 3 is 2.79 bits per heavy atom. The van der Waals surface area contributed by atoms with E-state index in [9.17, 15) is 9.59 Å². The Kier molecular flexibility index (Phi) is 4.46. The van der Waals surface area contributed by atoms with E-state index >= 15 is 0 Å². The van der Waals surface area contributed by atoms with Crippen molar-refractivity contribution in [3.05, 3.63) is 56.8 Å². The van der Waals surface area contributed by atoms with Gasteiger partial charge in [0.1, 0.15) is 10.7 Å². The highest BCUT2D eigenvalue weighted by Gasteiger charge is 2.19. The molecule has 3 rings (SSSR count). The second kappa shape index (κ2) is 6.54. The SMILES string of the molecule is CCOC(=O)c1cn(-c2cnccn2)c2nc(Cl)c(Cl)cc2c1=O. The van der Waals surface area contributed by atoms with Crippen LogP contribution in [0.3, 0.4) is 0 Å². The van der Waals surface area contributed by atoms with Crippen LogP contribution in [0.15, 0.2) is 35.6 Å². The minimum Gasteiger partial charge on any atom is -0.462 e. The van der Waals surface area contributed by atoms with Gasteiger partial charge >= 0.3 is 5.97 Å². The van der Waals surface area contributed by atoms with Gasteiger partial charge in [0.15, 0.2) is 11.5 Å². The predicted octanol–water partition coefficient (Wildman–Crippen LogP) is 2.66. The fourth-order valence-corrected chi connectivity index (χ4v) is 2.43. The number of rotatable bonds is 3. The van der Waals surface area contributed by atoms with Crippen molar-refractivity contribution in [2.24, 2.45) is 0 Å². The number of hydrogen-bond donors (Lipinski definition) is 0. The van der Waals surface area contributed by atoms with Gasteiger partial charge in [-0.05, 0) is 13.0 Å². The first-order chi connectivity index (χ1) is 11.5. The van der Waals surface area contributed by atoms with E-state index in [1.165, 1.54) is 35.4 Å². The highest BCUT2D eigenvalue weighted by atomic mass is 35.5. The number of ether oxygens (including phenoxy) is 1. The van der Waals surface area contributed by atoms with Gasteiger partial charge in [-0.25, -0.2) is 14.8 Å². The molecular weight excluding hydrogens is 355 g/mol. The zero-order valence-electron chi connectivity index (χ0n) is 12.4. The van der Waals surface area contributed by atoms with E-state index in [4.69, 9.17) is 27.9 Å². The molecule has 7 nitrogen and oxygen atoms in total. The molecule has 0 radical (unpaired) electrons. The quantitative estimate of drug-likeness (QED) is 0.524. The lowest BCUT2D eigenvalue weighted by atomic mass is 10.2. The first-order valence-corrected chi connectivity index (χ1v) is 7.63. The number of carbonyl (C=O) groups excluding carboxylic acids is 1. The van der Waals surface area contributed by atoms with Crippen LogP contribution in [0.25, 0.3) is 16.9 Å². The molecule has 0 fully saturated rings. The molecule has 0 aliphatic rings. The number of hydrogen-bond acceptors (Lipinski definition) is 6. The predicted molar refractivity (Wildman–Crippen MR) is 88.9 cm³/mol. The Bertz CT molecular complexity index is 989. The molecule has 0 saturated heterocycles. The Balaban J connectivity index is 2.40. The molecule has 0 spiro atoms. The highest BCUT2D eigenvalue weighted by molar-refractivity contribution is 6.41. The molecule has 9 heteroatoms. The van der Waals surface area contributed by atoms with Gasteiger partial charge < -0.3 is 4.74 Å². The van der Waals surface area contributed by atoms with Crippen molar-refractivity contribution in [3.8, 4) is 5.82 Å². The summed E-state index contributed by atoms with van der Waals surface area (Å²) in [5.74, 6) is -0.382. The van der Waals surface area contributed by atoms with Crippen molar-refractivity contribution in [2.45, 2.75) is 6.92 Å². The first kappa shape index (κ1) is 16.4. The van der Waals surface area contributed by atoms with Crippen LogP contribution in [0.5, 0.6) is 0 Å². The van der Waals surface area contributed by atoms with Crippen LogP contribution in [0.2, 0.25) is 10.2 Å². The number of halogens is 2. The normalized spacial score (nSPS) is 10.8. The number of pyridine rings is 2. The van der Waals surface area contributed by atoms with Crippen LogP contribution in [-0.4, -0.2) is 32.1 Å². The fraction of sp³-hybridized carbons (Fsp3) is 0.133. The van der Waals surface area contributed by atoms with E-state index in [-0.39, 0.29) is 33.4 Å². The molecule has 0 unspecified atom stereocenters. The van der Waals surface area contributed by atoms with Gasteiger partial charge in [-0.15, -0.1) is 0 Å². The van der Waals surface area contributed by atoms with Gasteiger partial charge in [-0.2, -0.15) is 0 Å². The average molecular weight is 365 g/mol. The summed E-state index contributed by atoms with van der Waals surface area (Å²) in [7, 11) is 0. The van der Waals surface area contributed by atoms with E-state index in [1.54, 1.807) is 6.92 Å². The molecule has 0 aliphatic heterocycles. The summed E-state index contributed by atoms with van der Waals surface area (Å²) in [6, 6.07) is 1.37. The van der Waals surface area contributed by atoms with Gasteiger partial charge in [0.25, 0.3) is 0 Å². The average Bonchev–Trinajstić information content (AvgIpc) is 2.58. The summed E-state index contributed by atoms with van der Waals surface area (Å²) in [6.45, 7) is 1.79.